The number of furan rings is 1. The molecule has 0 spiro atoms. The number of para-hydroxylation sites is 1. The summed E-state index contributed by atoms with van der Waals surface area (Å²) in [5.74, 6) is 1.98. The average Bonchev–Trinajstić information content (AvgIpc) is 3.39. The van der Waals surface area contributed by atoms with Crippen LogP contribution in [0.1, 0.15) is 98.4 Å². The van der Waals surface area contributed by atoms with Crippen molar-refractivity contribution in [2.75, 3.05) is 0 Å². The van der Waals surface area contributed by atoms with E-state index in [2.05, 4.69) is 167 Å². The third kappa shape index (κ3) is 8.49. The molecule has 0 N–H and O–H groups in total. The largest absolute Gasteiger partial charge is 0.466 e. The zero-order chi connectivity index (χ0) is 35.8. The van der Waals surface area contributed by atoms with E-state index in [1.807, 2.05) is 0 Å². The van der Waals surface area contributed by atoms with Crippen molar-refractivity contribution in [2.45, 2.75) is 114 Å². The van der Waals surface area contributed by atoms with Gasteiger partial charge in [-0.3, -0.25) is 4.98 Å². The Labute approximate surface area is 313 Å². The standard InChI is InChI=1S/C35H34NO.C10H21N2.Ir/c1-20(2)15-24-12-10-14-27-31-32(25-18-23-11-8-9-13-26(23)28(19-25)35(5,6)7)36-29-17-21(3)16-22(4)30(29)34(31)37-33(24)27;1-7(2)10(11-8(3)4)12-9(5)6;/h8-14,16-17,19-20H,15H2,1-7H3;7-9H,1-6H3;/q2*-1;. The van der Waals surface area contributed by atoms with Crippen molar-refractivity contribution < 1.29 is 24.5 Å². The van der Waals surface area contributed by atoms with Gasteiger partial charge in [-0.25, -0.2) is 0 Å². The third-order valence-electron chi connectivity index (χ3n) is 8.72. The van der Waals surface area contributed by atoms with Crippen LogP contribution in [0, 0.1) is 31.7 Å². The van der Waals surface area contributed by atoms with Crippen molar-refractivity contribution in [3.63, 3.8) is 0 Å². The molecule has 4 aromatic carbocycles. The number of amidine groups is 1. The van der Waals surface area contributed by atoms with E-state index < -0.39 is 0 Å². The van der Waals surface area contributed by atoms with Crippen LogP contribution in [0.25, 0.3) is 60.2 Å². The van der Waals surface area contributed by atoms with Gasteiger partial charge in [-0.05, 0) is 72.4 Å². The predicted molar refractivity (Wildman–Crippen MR) is 213 cm³/mol. The van der Waals surface area contributed by atoms with Crippen molar-refractivity contribution in [1.29, 1.82) is 0 Å². The summed E-state index contributed by atoms with van der Waals surface area (Å²) in [5, 5.41) is 10.2. The number of nitrogens with zero attached hydrogens (tertiary/aromatic N) is 3. The minimum atomic E-state index is -0.0184. The van der Waals surface area contributed by atoms with Crippen LogP contribution in [0.2, 0.25) is 0 Å². The number of benzene rings is 4. The number of pyridine rings is 1. The summed E-state index contributed by atoms with van der Waals surface area (Å²) in [6.45, 7) is 28.2. The van der Waals surface area contributed by atoms with Crippen molar-refractivity contribution in [3.05, 3.63) is 94.3 Å². The number of hydrogen-bond donors (Lipinski definition) is 0. The minimum Gasteiger partial charge on any atom is -0.466 e. The summed E-state index contributed by atoms with van der Waals surface area (Å²) in [6.07, 6.45) is 0.978. The summed E-state index contributed by atoms with van der Waals surface area (Å²) in [5.41, 5.74) is 9.81. The number of aliphatic imine (C=N–C) groups is 1. The van der Waals surface area contributed by atoms with Crippen LogP contribution in [-0.4, -0.2) is 22.9 Å². The topological polar surface area (TPSA) is 52.5 Å². The van der Waals surface area contributed by atoms with E-state index in [-0.39, 0.29) is 25.5 Å². The Morgan fingerprint density at radius 1 is 0.840 bits per heavy atom. The fourth-order valence-corrected chi connectivity index (χ4v) is 6.73. The van der Waals surface area contributed by atoms with Gasteiger partial charge in [-0.2, -0.15) is 0 Å². The van der Waals surface area contributed by atoms with E-state index in [4.69, 9.17) is 9.40 Å². The van der Waals surface area contributed by atoms with Gasteiger partial charge in [0.25, 0.3) is 0 Å². The summed E-state index contributed by atoms with van der Waals surface area (Å²) in [4.78, 5) is 9.81. The molecule has 5 heteroatoms. The minimum absolute atomic E-state index is 0. The monoisotopic (exact) mass is 846 g/mol. The second kappa shape index (κ2) is 15.8. The third-order valence-corrected chi connectivity index (χ3v) is 8.72. The second-order valence-corrected chi connectivity index (χ2v) is 16.0. The number of fused-ring (bicyclic) bond motifs is 6. The summed E-state index contributed by atoms with van der Waals surface area (Å²) >= 11 is 0. The van der Waals surface area contributed by atoms with Gasteiger partial charge in [0.2, 0.25) is 0 Å². The fraction of sp³-hybridized carbons (Fsp3) is 0.422. The van der Waals surface area contributed by atoms with Gasteiger partial charge in [0.05, 0.1) is 5.52 Å². The first kappa shape index (κ1) is 39.3. The normalized spacial score (nSPS) is 12.5. The quantitative estimate of drug-likeness (QED) is 0.0952. The maximum absolute atomic E-state index is 6.81. The SMILES string of the molecule is CC(C)N=C([N-]C(C)C)C(C)C.Cc1cc(C)c2c(c1)nc(-c1[c-]c3ccccc3c(C(C)(C)C)c1)c1c3cccc(CC(C)C)c3oc21.[Ir]. The molecule has 6 rings (SSSR count). The maximum Gasteiger partial charge on any atom is 0.139 e. The van der Waals surface area contributed by atoms with E-state index in [1.54, 1.807) is 0 Å². The first-order valence-corrected chi connectivity index (χ1v) is 18.0. The molecular weight excluding hydrogens is 791 g/mol. The Morgan fingerprint density at radius 3 is 2.14 bits per heavy atom. The number of aromatic nitrogens is 1. The Kier molecular flexibility index (Phi) is 12.4. The van der Waals surface area contributed by atoms with Crippen molar-refractivity contribution >= 4 is 49.4 Å². The molecule has 267 valence electrons. The second-order valence-electron chi connectivity index (χ2n) is 16.0. The van der Waals surface area contributed by atoms with E-state index in [0.717, 1.165) is 61.7 Å². The zero-order valence-electron chi connectivity index (χ0n) is 32.4. The van der Waals surface area contributed by atoms with Gasteiger partial charge in [0, 0.05) is 42.0 Å². The first-order valence-electron chi connectivity index (χ1n) is 18.0. The van der Waals surface area contributed by atoms with Crippen LogP contribution < -0.4 is 0 Å². The molecule has 0 aliphatic heterocycles. The van der Waals surface area contributed by atoms with Crippen LogP contribution in [0.4, 0.5) is 0 Å². The van der Waals surface area contributed by atoms with Crippen LogP contribution in [0.15, 0.2) is 70.1 Å². The Hall–Kier alpha value is -3.53. The van der Waals surface area contributed by atoms with Gasteiger partial charge < -0.3 is 14.7 Å². The molecule has 0 unspecified atom stereocenters. The molecule has 0 saturated heterocycles. The molecule has 2 heterocycles. The van der Waals surface area contributed by atoms with Gasteiger partial charge in [0.15, 0.2) is 0 Å². The average molecular weight is 846 g/mol. The van der Waals surface area contributed by atoms with E-state index in [0.29, 0.717) is 23.9 Å². The molecular formula is C45H55IrN3O-2. The molecule has 0 saturated carbocycles. The van der Waals surface area contributed by atoms with E-state index >= 15 is 0 Å². The van der Waals surface area contributed by atoms with Gasteiger partial charge in [-0.1, -0.05) is 135 Å². The first-order chi connectivity index (χ1) is 23.0. The molecule has 6 aromatic rings. The van der Waals surface area contributed by atoms with Crippen molar-refractivity contribution in [2.24, 2.45) is 16.8 Å². The molecule has 4 nitrogen and oxygen atoms in total. The molecule has 50 heavy (non-hydrogen) atoms. The number of hydrogen-bond acceptors (Lipinski definition) is 3. The summed E-state index contributed by atoms with van der Waals surface area (Å²) in [7, 11) is 0. The van der Waals surface area contributed by atoms with Gasteiger partial charge in [0.1, 0.15) is 11.2 Å². The molecule has 0 aliphatic rings. The van der Waals surface area contributed by atoms with Gasteiger partial charge >= 0.3 is 0 Å². The number of rotatable bonds is 6. The molecule has 0 bridgehead atoms. The van der Waals surface area contributed by atoms with Crippen molar-refractivity contribution in [3.8, 4) is 11.3 Å². The Balaban J connectivity index is 0.000000373. The van der Waals surface area contributed by atoms with E-state index in [9.17, 15) is 0 Å². The van der Waals surface area contributed by atoms with Crippen LogP contribution in [0.5, 0.6) is 0 Å². The van der Waals surface area contributed by atoms with Crippen LogP contribution >= 0.6 is 0 Å². The molecule has 2 aromatic heterocycles. The Bertz CT molecular complexity index is 2140. The Morgan fingerprint density at radius 2 is 1.52 bits per heavy atom. The predicted octanol–water partition coefficient (Wildman–Crippen LogP) is 13.1. The smallest absolute Gasteiger partial charge is 0.139 e. The fourth-order valence-electron chi connectivity index (χ4n) is 6.73. The van der Waals surface area contributed by atoms with Crippen molar-refractivity contribution in [1.82, 2.24) is 4.98 Å². The molecule has 0 atom stereocenters. The molecule has 0 amide bonds. The van der Waals surface area contributed by atoms with E-state index in [1.165, 1.54) is 27.6 Å². The van der Waals surface area contributed by atoms with Crippen LogP contribution in [0.3, 0.4) is 0 Å². The van der Waals surface area contributed by atoms with Crippen LogP contribution in [-0.2, 0) is 31.9 Å². The van der Waals surface area contributed by atoms with Gasteiger partial charge in [-0.15, -0.1) is 29.1 Å². The summed E-state index contributed by atoms with van der Waals surface area (Å²) in [6, 6.07) is 26.3. The molecule has 0 aliphatic carbocycles. The molecule has 1 radical (unpaired) electrons. The molecule has 0 fully saturated rings. The number of aryl methyl sites for hydroxylation is 2. The zero-order valence-corrected chi connectivity index (χ0v) is 34.8. The maximum atomic E-state index is 6.81. The summed E-state index contributed by atoms with van der Waals surface area (Å²) < 4.78 is 6.81.